The average Bonchev–Trinajstić information content (AvgIpc) is 3.21. The Kier molecular flexibility index (Phi) is 5.69. The lowest BCUT2D eigenvalue weighted by Crippen LogP contribution is -2.25. The smallest absolute Gasteiger partial charge is 0.262 e. The van der Waals surface area contributed by atoms with Crippen LogP contribution in [0.4, 0.5) is 0 Å². The molecule has 5 nitrogen and oxygen atoms in total. The van der Waals surface area contributed by atoms with Crippen molar-refractivity contribution in [3.05, 3.63) is 70.0 Å². The molecule has 0 aliphatic rings. The Hall–Kier alpha value is -2.64. The molecule has 0 amide bonds. The molecule has 4 aromatic rings. The van der Waals surface area contributed by atoms with E-state index in [1.54, 1.807) is 34.8 Å². The summed E-state index contributed by atoms with van der Waals surface area (Å²) in [5.74, 6) is 1.47. The predicted octanol–water partition coefficient (Wildman–Crippen LogP) is 5.40. The molecule has 0 N–H and O–H groups in total. The van der Waals surface area contributed by atoms with Crippen LogP contribution in [0.2, 0.25) is 0 Å². The second-order valence-electron chi connectivity index (χ2n) is 6.85. The van der Waals surface area contributed by atoms with Crippen molar-refractivity contribution in [1.29, 1.82) is 0 Å². The van der Waals surface area contributed by atoms with Crippen molar-refractivity contribution < 1.29 is 4.74 Å². The van der Waals surface area contributed by atoms with Crippen molar-refractivity contribution in [2.75, 3.05) is 7.11 Å². The molecule has 29 heavy (non-hydrogen) atoms. The summed E-state index contributed by atoms with van der Waals surface area (Å²) in [7, 11) is 1.66. The number of thiazole rings is 1. The van der Waals surface area contributed by atoms with Crippen LogP contribution in [0, 0.1) is 0 Å². The minimum Gasteiger partial charge on any atom is -0.497 e. The van der Waals surface area contributed by atoms with Gasteiger partial charge in [-0.15, -0.1) is 11.3 Å². The molecule has 0 unspecified atom stereocenters. The number of methoxy groups -OCH3 is 1. The van der Waals surface area contributed by atoms with Crippen molar-refractivity contribution in [2.45, 2.75) is 30.8 Å². The van der Waals surface area contributed by atoms with Crippen LogP contribution in [0.1, 0.15) is 25.6 Å². The molecule has 0 spiro atoms. The van der Waals surface area contributed by atoms with Crippen LogP contribution >= 0.6 is 23.1 Å². The number of fused-ring (bicyclic) bond motifs is 1. The van der Waals surface area contributed by atoms with Crippen LogP contribution in [0.15, 0.2) is 63.9 Å². The first-order chi connectivity index (χ1) is 14.1. The summed E-state index contributed by atoms with van der Waals surface area (Å²) in [6.45, 7) is 4.01. The molecular formula is C22H21N3O2S2. The largest absolute Gasteiger partial charge is 0.497 e. The van der Waals surface area contributed by atoms with Crippen LogP contribution in [-0.2, 0) is 5.75 Å². The highest BCUT2D eigenvalue weighted by atomic mass is 32.2. The maximum atomic E-state index is 12.9. The molecule has 7 heteroatoms. The van der Waals surface area contributed by atoms with E-state index in [-0.39, 0.29) is 11.6 Å². The summed E-state index contributed by atoms with van der Waals surface area (Å²) in [6.07, 6.45) is 0. The van der Waals surface area contributed by atoms with E-state index in [0.717, 1.165) is 32.7 Å². The van der Waals surface area contributed by atoms with Gasteiger partial charge in [-0.05, 0) is 38.1 Å². The Bertz CT molecular complexity index is 1210. The van der Waals surface area contributed by atoms with Gasteiger partial charge in [0, 0.05) is 22.7 Å². The minimum atomic E-state index is 0.00319. The molecule has 0 aliphatic carbocycles. The summed E-state index contributed by atoms with van der Waals surface area (Å²) >= 11 is 3.15. The van der Waals surface area contributed by atoms with Gasteiger partial charge in [-0.3, -0.25) is 9.36 Å². The number of hydrogen-bond acceptors (Lipinski definition) is 6. The SMILES string of the molecule is COc1cccc(-c2nc(CSc3nc4ccccc4c(=O)n3C(C)C)cs2)c1. The third-order valence-corrected chi connectivity index (χ3v) is 6.44. The zero-order chi connectivity index (χ0) is 20.4. The Morgan fingerprint density at radius 1 is 1.14 bits per heavy atom. The van der Waals surface area contributed by atoms with Gasteiger partial charge >= 0.3 is 0 Å². The van der Waals surface area contributed by atoms with Gasteiger partial charge in [-0.25, -0.2) is 9.97 Å². The molecule has 4 rings (SSSR count). The van der Waals surface area contributed by atoms with Crippen LogP contribution in [0.5, 0.6) is 5.75 Å². The molecular weight excluding hydrogens is 402 g/mol. The van der Waals surface area contributed by atoms with Crippen LogP contribution in [0.3, 0.4) is 0 Å². The standard InChI is InChI=1S/C22H21N3O2S2/c1-14(2)25-21(26)18-9-4-5-10-19(18)24-22(25)29-13-16-12-28-20(23-16)15-7-6-8-17(11-15)27-3/h4-12,14H,13H2,1-3H3. The van der Waals surface area contributed by atoms with E-state index in [1.165, 1.54) is 0 Å². The Balaban J connectivity index is 1.61. The molecule has 0 aliphatic heterocycles. The van der Waals surface area contributed by atoms with Gasteiger partial charge in [0.1, 0.15) is 10.8 Å². The number of ether oxygens (including phenoxy) is 1. The highest BCUT2D eigenvalue weighted by molar-refractivity contribution is 7.98. The Morgan fingerprint density at radius 3 is 2.76 bits per heavy atom. The molecule has 2 aromatic carbocycles. The number of thioether (sulfide) groups is 1. The van der Waals surface area contributed by atoms with Crippen molar-refractivity contribution in [2.24, 2.45) is 0 Å². The fraction of sp³-hybridized carbons (Fsp3) is 0.227. The van der Waals surface area contributed by atoms with Crippen molar-refractivity contribution in [3.63, 3.8) is 0 Å². The Morgan fingerprint density at radius 2 is 1.97 bits per heavy atom. The monoisotopic (exact) mass is 423 g/mol. The number of aromatic nitrogens is 3. The van der Waals surface area contributed by atoms with E-state index in [2.05, 4.69) is 5.38 Å². The predicted molar refractivity (Wildman–Crippen MR) is 120 cm³/mol. The van der Waals surface area contributed by atoms with Crippen molar-refractivity contribution in [1.82, 2.24) is 14.5 Å². The molecule has 0 saturated carbocycles. The Labute approximate surface area is 177 Å². The average molecular weight is 424 g/mol. The summed E-state index contributed by atoms with van der Waals surface area (Å²) in [5, 5.41) is 4.38. The maximum absolute atomic E-state index is 12.9. The van der Waals surface area contributed by atoms with E-state index < -0.39 is 0 Å². The molecule has 148 valence electrons. The highest BCUT2D eigenvalue weighted by Crippen LogP contribution is 2.30. The quantitative estimate of drug-likeness (QED) is 0.307. The van der Waals surface area contributed by atoms with E-state index in [4.69, 9.17) is 14.7 Å². The van der Waals surface area contributed by atoms with Gasteiger partial charge in [0.15, 0.2) is 5.16 Å². The van der Waals surface area contributed by atoms with Gasteiger partial charge in [0.2, 0.25) is 0 Å². The molecule has 0 fully saturated rings. The topological polar surface area (TPSA) is 57.0 Å². The molecule has 0 bridgehead atoms. The third-order valence-electron chi connectivity index (χ3n) is 4.51. The fourth-order valence-corrected chi connectivity index (χ4v) is 5.03. The molecule has 2 aromatic heterocycles. The second kappa shape index (κ2) is 8.39. The molecule has 0 saturated heterocycles. The molecule has 0 atom stereocenters. The van der Waals surface area contributed by atoms with E-state index >= 15 is 0 Å². The van der Waals surface area contributed by atoms with Gasteiger partial charge in [0.05, 0.1) is 23.7 Å². The number of rotatable bonds is 6. The zero-order valence-electron chi connectivity index (χ0n) is 16.5. The normalized spacial score (nSPS) is 11.3. The van der Waals surface area contributed by atoms with Gasteiger partial charge in [0.25, 0.3) is 5.56 Å². The van der Waals surface area contributed by atoms with Gasteiger partial charge in [-0.1, -0.05) is 36.0 Å². The number of hydrogen-bond donors (Lipinski definition) is 0. The summed E-state index contributed by atoms with van der Waals surface area (Å²) in [6, 6.07) is 15.4. The highest BCUT2D eigenvalue weighted by Gasteiger charge is 2.15. The number of nitrogens with zero attached hydrogens (tertiary/aromatic N) is 3. The lowest BCUT2D eigenvalue weighted by atomic mass is 10.2. The first-order valence-electron chi connectivity index (χ1n) is 9.29. The van der Waals surface area contributed by atoms with Crippen molar-refractivity contribution in [3.8, 4) is 16.3 Å². The maximum Gasteiger partial charge on any atom is 0.262 e. The van der Waals surface area contributed by atoms with Crippen LogP contribution < -0.4 is 10.3 Å². The summed E-state index contributed by atoms with van der Waals surface area (Å²) in [5.41, 5.74) is 2.74. The zero-order valence-corrected chi connectivity index (χ0v) is 18.1. The summed E-state index contributed by atoms with van der Waals surface area (Å²) < 4.78 is 7.07. The van der Waals surface area contributed by atoms with Crippen LogP contribution in [-0.4, -0.2) is 21.6 Å². The first-order valence-corrected chi connectivity index (χ1v) is 11.2. The number of benzene rings is 2. The second-order valence-corrected chi connectivity index (χ2v) is 8.65. The number of para-hydroxylation sites is 1. The van der Waals surface area contributed by atoms with E-state index in [1.807, 2.05) is 62.4 Å². The summed E-state index contributed by atoms with van der Waals surface area (Å²) in [4.78, 5) is 22.4. The lowest BCUT2D eigenvalue weighted by Gasteiger charge is -2.15. The van der Waals surface area contributed by atoms with E-state index in [9.17, 15) is 4.79 Å². The van der Waals surface area contributed by atoms with Gasteiger partial charge in [-0.2, -0.15) is 0 Å². The van der Waals surface area contributed by atoms with Crippen LogP contribution in [0.25, 0.3) is 21.5 Å². The third kappa shape index (κ3) is 4.06. The molecule has 2 heterocycles. The fourth-order valence-electron chi connectivity index (χ4n) is 3.08. The van der Waals surface area contributed by atoms with E-state index in [0.29, 0.717) is 11.1 Å². The minimum absolute atomic E-state index is 0.00319. The molecule has 0 radical (unpaired) electrons. The van der Waals surface area contributed by atoms with Crippen molar-refractivity contribution >= 4 is 34.0 Å². The van der Waals surface area contributed by atoms with Gasteiger partial charge < -0.3 is 4.74 Å². The lowest BCUT2D eigenvalue weighted by molar-refractivity contribution is 0.415. The first kappa shape index (κ1) is 19.7.